The van der Waals surface area contributed by atoms with E-state index in [9.17, 15) is 13.0 Å². The average Bonchev–Trinajstić information content (AvgIpc) is 3.38. The molecular weight excluding hydrogens is 1050 g/mol. The zero-order chi connectivity index (χ0) is 54.0. The largest absolute Gasteiger partial charge is 0.451 e. The molecule has 0 aromatic heterocycles. The molecule has 0 heterocycles. The van der Waals surface area contributed by atoms with Gasteiger partial charge in [-0.1, -0.05) is 24.0 Å². The Morgan fingerprint density at radius 2 is 0.662 bits per heavy atom. The summed E-state index contributed by atoms with van der Waals surface area (Å²) in [7, 11) is -5.31. The minimum Gasteiger partial charge on any atom is -0.451 e. The highest BCUT2D eigenvalue weighted by molar-refractivity contribution is 7.85. The predicted octanol–water partition coefficient (Wildman–Crippen LogP) is 14.8. The number of rotatable bonds is 11. The third-order valence-corrected chi connectivity index (χ3v) is 11.3. The van der Waals surface area contributed by atoms with Gasteiger partial charge in [-0.05, 0) is 66.7 Å². The number of hydrogen-bond donors (Lipinski definition) is 1. The van der Waals surface area contributed by atoms with Crippen LogP contribution < -0.4 is 18.9 Å². The Bertz CT molecular complexity index is 3830. The third kappa shape index (κ3) is 8.72. The highest BCUT2D eigenvalue weighted by atomic mass is 32.2. The fraction of sp³-hybridized carbons (Fsp3) is 0. The summed E-state index contributed by atoms with van der Waals surface area (Å²) in [6.45, 7) is 0. The molecule has 7 nitrogen and oxygen atoms in total. The number of halogens is 16. The fourth-order valence-electron chi connectivity index (χ4n) is 7.05. The maximum atomic E-state index is 15.8. The molecule has 376 valence electrons. The van der Waals surface area contributed by atoms with Crippen LogP contribution in [0.25, 0.3) is 33.0 Å². The van der Waals surface area contributed by atoms with Gasteiger partial charge in [0.15, 0.2) is 46.5 Å². The van der Waals surface area contributed by atoms with Crippen molar-refractivity contribution < 1.29 is 102 Å². The van der Waals surface area contributed by atoms with Crippen molar-refractivity contribution >= 4 is 20.9 Å². The predicted molar refractivity (Wildman–Crippen MR) is 226 cm³/mol. The highest BCUT2D eigenvalue weighted by Gasteiger charge is 2.38. The van der Waals surface area contributed by atoms with E-state index in [0.717, 1.165) is 24.3 Å². The Morgan fingerprint density at radius 1 is 0.365 bits per heavy atom. The molecule has 8 aromatic rings. The SMILES string of the molecule is C#Cc1cccc(Oc2c(F)c(F)c(-c3c(F)c(F)c(Oc4ccc(Oc5c(F)c(F)c(-c6c(F)c(F)c(Oc7cccc(C#C)c7)c(F)c6F)c(F)c5F)c5cc(S(=O)(=O)O)ccc45)c(F)c3F)c(F)c2F)c1. The van der Waals surface area contributed by atoms with Crippen LogP contribution in [0, 0.1) is 118 Å². The molecule has 0 bridgehead atoms. The monoisotopic (exact) mass is 1060 g/mol. The number of ether oxygens (including phenoxy) is 4. The Morgan fingerprint density at radius 3 is 0.959 bits per heavy atom. The molecule has 8 aromatic carbocycles. The Labute approximate surface area is 403 Å². The lowest BCUT2D eigenvalue weighted by atomic mass is 10.0. The first kappa shape index (κ1) is 51.5. The minimum atomic E-state index is -5.31. The first-order valence-corrected chi connectivity index (χ1v) is 21.2. The van der Waals surface area contributed by atoms with Crippen molar-refractivity contribution in [3.05, 3.63) is 183 Å². The van der Waals surface area contributed by atoms with Gasteiger partial charge in [-0.3, -0.25) is 4.55 Å². The Hall–Kier alpha value is -8.87. The number of hydrogen-bond acceptors (Lipinski definition) is 6. The molecule has 0 saturated heterocycles. The molecule has 0 saturated carbocycles. The lowest BCUT2D eigenvalue weighted by Gasteiger charge is -2.18. The molecule has 0 aliphatic heterocycles. The average molecular weight is 1060 g/mol. The van der Waals surface area contributed by atoms with E-state index in [1.165, 1.54) is 24.3 Å². The quantitative estimate of drug-likeness (QED) is 0.0597. The van der Waals surface area contributed by atoms with Gasteiger partial charge < -0.3 is 18.9 Å². The first-order chi connectivity index (χ1) is 34.9. The van der Waals surface area contributed by atoms with Crippen LogP contribution in [0.1, 0.15) is 11.1 Å². The summed E-state index contributed by atoms with van der Waals surface area (Å²) < 4.78 is 302. The van der Waals surface area contributed by atoms with Gasteiger partial charge in [0, 0.05) is 21.9 Å². The van der Waals surface area contributed by atoms with Gasteiger partial charge in [0.2, 0.25) is 69.5 Å². The van der Waals surface area contributed by atoms with Crippen LogP contribution in [0.2, 0.25) is 0 Å². The summed E-state index contributed by atoms with van der Waals surface area (Å²) in [5.41, 5.74) is -9.36. The standard InChI is InChI=1S/C50H16F16O7S/c1-3-18-7-5-9-20(15-18)70-47-39(59)31(51)27(32(52)40(47)60)29-35(55)43(63)49(44(64)36(29)56)72-25-13-14-26(24-17-22(74(67,68)69)11-12-23(24)25)73-50-45(65)37(57)30(38(58)46(50)66)28-33(53)41(61)48(42(62)34(28)54)71-21-10-6-8-19(4-2)16-21/h1-2,5-17H,(H,67,68,69). The van der Waals surface area contributed by atoms with Crippen LogP contribution in [0.3, 0.4) is 0 Å². The van der Waals surface area contributed by atoms with E-state index in [2.05, 4.69) is 11.8 Å². The van der Waals surface area contributed by atoms with E-state index >= 15 is 70.2 Å². The van der Waals surface area contributed by atoms with Crippen molar-refractivity contribution in [1.82, 2.24) is 0 Å². The third-order valence-electron chi connectivity index (χ3n) is 10.5. The molecule has 1 N–H and O–H groups in total. The van der Waals surface area contributed by atoms with Gasteiger partial charge in [0.05, 0.1) is 27.1 Å². The lowest BCUT2D eigenvalue weighted by molar-refractivity contribution is 0.359. The van der Waals surface area contributed by atoms with Gasteiger partial charge in [0.1, 0.15) is 23.0 Å². The van der Waals surface area contributed by atoms with Gasteiger partial charge >= 0.3 is 0 Å². The minimum absolute atomic E-state index is 0.0478. The lowest BCUT2D eigenvalue weighted by Crippen LogP contribution is -2.09. The molecule has 0 aliphatic rings. The number of benzene rings is 8. The molecule has 0 unspecified atom stereocenters. The van der Waals surface area contributed by atoms with E-state index in [0.29, 0.717) is 30.3 Å². The maximum absolute atomic E-state index is 15.8. The van der Waals surface area contributed by atoms with Crippen LogP contribution in [0.15, 0.2) is 83.8 Å². The first-order valence-electron chi connectivity index (χ1n) is 19.7. The van der Waals surface area contributed by atoms with Crippen LogP contribution in [-0.4, -0.2) is 13.0 Å². The highest BCUT2D eigenvalue weighted by Crippen LogP contribution is 2.48. The van der Waals surface area contributed by atoms with Crippen molar-refractivity contribution in [2.75, 3.05) is 0 Å². The zero-order valence-corrected chi connectivity index (χ0v) is 36.3. The second-order valence-corrected chi connectivity index (χ2v) is 16.3. The van der Waals surface area contributed by atoms with Crippen molar-refractivity contribution in [3.63, 3.8) is 0 Å². The van der Waals surface area contributed by atoms with Crippen LogP contribution >= 0.6 is 0 Å². The summed E-state index contributed by atoms with van der Waals surface area (Å²) in [4.78, 5) is -1.15. The molecule has 0 amide bonds. The molecule has 0 fully saturated rings. The molecule has 0 aliphatic carbocycles. The summed E-state index contributed by atoms with van der Waals surface area (Å²) in [6.07, 6.45) is 10.5. The van der Waals surface area contributed by atoms with Crippen molar-refractivity contribution in [2.24, 2.45) is 0 Å². The summed E-state index contributed by atoms with van der Waals surface area (Å²) in [6, 6.07) is 11.3. The van der Waals surface area contributed by atoms with Crippen LogP contribution in [0.4, 0.5) is 70.2 Å². The smallest absolute Gasteiger partial charge is 0.294 e. The number of fused-ring (bicyclic) bond motifs is 1. The van der Waals surface area contributed by atoms with E-state index in [-0.39, 0.29) is 11.1 Å². The molecular formula is C50H16F16O7S. The fourth-order valence-corrected chi connectivity index (χ4v) is 7.56. The van der Waals surface area contributed by atoms with Crippen LogP contribution in [-0.2, 0) is 10.1 Å². The van der Waals surface area contributed by atoms with Crippen molar-refractivity contribution in [2.45, 2.75) is 4.90 Å². The van der Waals surface area contributed by atoms with E-state index in [1.807, 2.05) is 0 Å². The van der Waals surface area contributed by atoms with Crippen molar-refractivity contribution in [3.8, 4) is 92.9 Å². The topological polar surface area (TPSA) is 91.3 Å². The summed E-state index contributed by atoms with van der Waals surface area (Å²) in [5, 5.41) is -1.75. The summed E-state index contributed by atoms with van der Waals surface area (Å²) >= 11 is 0. The second-order valence-electron chi connectivity index (χ2n) is 14.8. The maximum Gasteiger partial charge on any atom is 0.294 e. The zero-order valence-electron chi connectivity index (χ0n) is 35.5. The Kier molecular flexibility index (Phi) is 13.4. The molecule has 0 atom stereocenters. The van der Waals surface area contributed by atoms with Crippen LogP contribution in [0.5, 0.6) is 46.0 Å². The Balaban J connectivity index is 1.19. The van der Waals surface area contributed by atoms with E-state index in [4.69, 9.17) is 31.8 Å². The van der Waals surface area contributed by atoms with Gasteiger partial charge in [-0.25, -0.2) is 35.1 Å². The van der Waals surface area contributed by atoms with Gasteiger partial charge in [-0.2, -0.15) is 43.5 Å². The molecule has 0 spiro atoms. The van der Waals surface area contributed by atoms with E-state index < -0.39 is 187 Å². The molecule has 24 heteroatoms. The normalized spacial score (nSPS) is 11.4. The summed E-state index contributed by atoms with van der Waals surface area (Å²) in [5.74, 6) is -49.2. The second kappa shape index (κ2) is 19.3. The van der Waals surface area contributed by atoms with Gasteiger partial charge in [-0.15, -0.1) is 12.8 Å². The molecule has 8 rings (SSSR count). The van der Waals surface area contributed by atoms with Crippen molar-refractivity contribution in [1.29, 1.82) is 0 Å². The van der Waals surface area contributed by atoms with Gasteiger partial charge in [0.25, 0.3) is 10.1 Å². The number of terminal acetylenes is 2. The van der Waals surface area contributed by atoms with E-state index in [1.54, 1.807) is 0 Å². The molecule has 74 heavy (non-hydrogen) atoms. The molecule has 0 radical (unpaired) electrons.